The van der Waals surface area contributed by atoms with Crippen LogP contribution in [0.2, 0.25) is 0 Å². The van der Waals surface area contributed by atoms with Gasteiger partial charge < -0.3 is 9.88 Å². The van der Waals surface area contributed by atoms with Crippen molar-refractivity contribution in [1.29, 1.82) is 5.26 Å². The molecule has 22 heavy (non-hydrogen) atoms. The molecule has 0 atom stereocenters. The van der Waals surface area contributed by atoms with Gasteiger partial charge in [0.15, 0.2) is 0 Å². The first-order chi connectivity index (χ1) is 10.7. The van der Waals surface area contributed by atoms with Gasteiger partial charge >= 0.3 is 0 Å². The van der Waals surface area contributed by atoms with Gasteiger partial charge in [0.25, 0.3) is 5.91 Å². The van der Waals surface area contributed by atoms with Crippen LogP contribution < -0.4 is 5.32 Å². The maximum Gasteiger partial charge on any atom is 0.255 e. The number of hydrogen-bond acceptors (Lipinski definition) is 3. The minimum absolute atomic E-state index is 0.180. The maximum absolute atomic E-state index is 12.3. The summed E-state index contributed by atoms with van der Waals surface area (Å²) in [6.45, 7) is 0. The van der Waals surface area contributed by atoms with Crippen molar-refractivity contribution in [3.8, 4) is 6.07 Å². The number of carbonyl (C=O) groups excluding carboxylic acids is 1. The van der Waals surface area contributed by atoms with E-state index in [0.29, 0.717) is 17.7 Å². The van der Waals surface area contributed by atoms with Crippen LogP contribution in [-0.2, 0) is 13.5 Å². The van der Waals surface area contributed by atoms with Gasteiger partial charge in [-0.15, -0.1) is 0 Å². The van der Waals surface area contributed by atoms with E-state index in [4.69, 9.17) is 5.26 Å². The lowest BCUT2D eigenvalue weighted by molar-refractivity contribution is 0.102. The molecule has 108 valence electrons. The predicted octanol–water partition coefficient (Wildman–Crippen LogP) is 2.89. The van der Waals surface area contributed by atoms with Crippen molar-refractivity contribution in [3.63, 3.8) is 0 Å². The third kappa shape index (κ3) is 2.67. The molecule has 1 heterocycles. The minimum Gasteiger partial charge on any atom is -0.334 e. The van der Waals surface area contributed by atoms with Gasteiger partial charge in [0, 0.05) is 18.3 Å². The molecule has 0 saturated heterocycles. The number of carbonyl (C=O) groups is 1. The van der Waals surface area contributed by atoms with E-state index in [1.807, 2.05) is 29.8 Å². The first-order valence-corrected chi connectivity index (χ1v) is 6.86. The molecule has 2 aromatic carbocycles. The van der Waals surface area contributed by atoms with Gasteiger partial charge in [0.1, 0.15) is 0 Å². The van der Waals surface area contributed by atoms with Crippen LogP contribution >= 0.6 is 0 Å². The van der Waals surface area contributed by atoms with Crippen LogP contribution in [0.25, 0.3) is 11.0 Å². The highest BCUT2D eigenvalue weighted by molar-refractivity contribution is 6.05. The lowest BCUT2D eigenvalue weighted by Crippen LogP contribution is -2.11. The number of aryl methyl sites for hydroxylation is 1. The summed E-state index contributed by atoms with van der Waals surface area (Å²) in [6, 6.07) is 14.8. The van der Waals surface area contributed by atoms with Crippen LogP contribution in [0.4, 0.5) is 5.69 Å². The molecule has 0 unspecified atom stereocenters. The molecule has 0 aliphatic heterocycles. The third-order valence-electron chi connectivity index (χ3n) is 3.48. The topological polar surface area (TPSA) is 70.7 Å². The van der Waals surface area contributed by atoms with Crippen molar-refractivity contribution in [2.24, 2.45) is 7.05 Å². The Balaban J connectivity index is 1.79. The summed E-state index contributed by atoms with van der Waals surface area (Å²) < 4.78 is 1.91. The molecule has 0 fully saturated rings. The Labute approximate surface area is 127 Å². The smallest absolute Gasteiger partial charge is 0.255 e. The molecule has 0 aliphatic rings. The van der Waals surface area contributed by atoms with E-state index in [1.165, 1.54) is 0 Å². The zero-order chi connectivity index (χ0) is 15.5. The molecule has 1 N–H and O–H groups in total. The summed E-state index contributed by atoms with van der Waals surface area (Å²) in [6.07, 6.45) is 2.09. The molecule has 5 heteroatoms. The summed E-state index contributed by atoms with van der Waals surface area (Å²) in [5, 5.41) is 11.5. The first-order valence-electron chi connectivity index (χ1n) is 6.86. The highest BCUT2D eigenvalue weighted by Crippen LogP contribution is 2.16. The van der Waals surface area contributed by atoms with Crippen molar-refractivity contribution >= 4 is 22.6 Å². The fourth-order valence-corrected chi connectivity index (χ4v) is 2.28. The van der Waals surface area contributed by atoms with Crippen LogP contribution in [0.15, 0.2) is 48.8 Å². The number of aromatic nitrogens is 2. The molecule has 0 saturated carbocycles. The first kappa shape index (κ1) is 13.8. The number of hydrogen-bond donors (Lipinski definition) is 1. The third-order valence-corrected chi connectivity index (χ3v) is 3.48. The molecular formula is C17H14N4O. The van der Waals surface area contributed by atoms with Gasteiger partial charge in [-0.1, -0.05) is 12.1 Å². The molecule has 1 aromatic heterocycles. The van der Waals surface area contributed by atoms with E-state index >= 15 is 0 Å². The average Bonchev–Trinajstić information content (AvgIpc) is 2.90. The maximum atomic E-state index is 12.3. The van der Waals surface area contributed by atoms with Crippen LogP contribution in [0.3, 0.4) is 0 Å². The minimum atomic E-state index is -0.180. The van der Waals surface area contributed by atoms with E-state index in [2.05, 4.69) is 16.4 Å². The Hall–Kier alpha value is -3.13. The van der Waals surface area contributed by atoms with Crippen LogP contribution in [0.1, 0.15) is 15.9 Å². The standard InChI is InChI=1S/C17H14N4O/c1-21-11-19-15-10-13(4-7-16(15)21)17(22)20-14-5-2-12(3-6-14)8-9-18/h2-7,10-11H,8H2,1H3,(H,20,22). The Morgan fingerprint density at radius 3 is 2.77 bits per heavy atom. The number of amides is 1. The van der Waals surface area contributed by atoms with Crippen LogP contribution in [0, 0.1) is 11.3 Å². The molecule has 0 bridgehead atoms. The molecule has 3 aromatic rings. The summed E-state index contributed by atoms with van der Waals surface area (Å²) in [5.41, 5.74) is 3.97. The Morgan fingerprint density at radius 1 is 1.27 bits per heavy atom. The Bertz CT molecular complexity index is 872. The number of anilines is 1. The zero-order valence-electron chi connectivity index (χ0n) is 12.1. The monoisotopic (exact) mass is 290 g/mol. The van der Waals surface area contributed by atoms with Gasteiger partial charge in [-0.3, -0.25) is 4.79 Å². The molecule has 3 rings (SSSR count). The van der Waals surface area contributed by atoms with Gasteiger partial charge in [0.05, 0.1) is 29.9 Å². The predicted molar refractivity (Wildman–Crippen MR) is 84.4 cm³/mol. The second-order valence-corrected chi connectivity index (χ2v) is 5.04. The van der Waals surface area contributed by atoms with Gasteiger partial charge in [0.2, 0.25) is 0 Å². The normalized spacial score (nSPS) is 10.4. The number of nitrogens with zero attached hydrogens (tertiary/aromatic N) is 3. The van der Waals surface area contributed by atoms with Gasteiger partial charge in [-0.2, -0.15) is 5.26 Å². The van der Waals surface area contributed by atoms with Gasteiger partial charge in [-0.25, -0.2) is 4.98 Å². The molecule has 5 nitrogen and oxygen atoms in total. The van der Waals surface area contributed by atoms with E-state index in [-0.39, 0.29) is 5.91 Å². The van der Waals surface area contributed by atoms with Crippen molar-refractivity contribution in [1.82, 2.24) is 9.55 Å². The lowest BCUT2D eigenvalue weighted by atomic mass is 10.1. The molecule has 0 radical (unpaired) electrons. The van der Waals surface area contributed by atoms with Crippen molar-refractivity contribution in [3.05, 3.63) is 59.9 Å². The molecule has 0 aliphatic carbocycles. The van der Waals surface area contributed by atoms with Crippen molar-refractivity contribution < 1.29 is 4.79 Å². The highest BCUT2D eigenvalue weighted by Gasteiger charge is 2.09. The number of imidazole rings is 1. The Kier molecular flexibility index (Phi) is 3.58. The largest absolute Gasteiger partial charge is 0.334 e. The van der Waals surface area contributed by atoms with E-state index < -0.39 is 0 Å². The van der Waals surface area contributed by atoms with Crippen molar-refractivity contribution in [2.75, 3.05) is 5.32 Å². The quantitative estimate of drug-likeness (QED) is 0.806. The lowest BCUT2D eigenvalue weighted by Gasteiger charge is -2.06. The molecular weight excluding hydrogens is 276 g/mol. The number of rotatable bonds is 3. The number of nitrogens with one attached hydrogen (secondary N) is 1. The van der Waals surface area contributed by atoms with Crippen LogP contribution in [0.5, 0.6) is 0 Å². The fourth-order valence-electron chi connectivity index (χ4n) is 2.28. The van der Waals surface area contributed by atoms with Gasteiger partial charge in [-0.05, 0) is 35.9 Å². The average molecular weight is 290 g/mol. The van der Waals surface area contributed by atoms with E-state index in [9.17, 15) is 4.79 Å². The summed E-state index contributed by atoms with van der Waals surface area (Å²) in [7, 11) is 1.91. The van der Waals surface area contributed by atoms with Crippen molar-refractivity contribution in [2.45, 2.75) is 6.42 Å². The Morgan fingerprint density at radius 2 is 2.05 bits per heavy atom. The number of nitriles is 1. The second-order valence-electron chi connectivity index (χ2n) is 5.04. The second kappa shape index (κ2) is 5.70. The molecule has 1 amide bonds. The van der Waals surface area contributed by atoms with E-state index in [0.717, 1.165) is 16.6 Å². The number of benzene rings is 2. The SMILES string of the molecule is Cn1cnc2cc(C(=O)Nc3ccc(CC#N)cc3)ccc21. The zero-order valence-corrected chi connectivity index (χ0v) is 12.1. The molecule has 0 spiro atoms. The summed E-state index contributed by atoms with van der Waals surface area (Å²) >= 11 is 0. The van der Waals surface area contributed by atoms with Crippen LogP contribution in [-0.4, -0.2) is 15.5 Å². The number of fused-ring (bicyclic) bond motifs is 1. The highest BCUT2D eigenvalue weighted by atomic mass is 16.1. The fraction of sp³-hybridized carbons (Fsp3) is 0.118. The summed E-state index contributed by atoms with van der Waals surface area (Å²) in [4.78, 5) is 16.5. The summed E-state index contributed by atoms with van der Waals surface area (Å²) in [5.74, 6) is -0.180. The van der Waals surface area contributed by atoms with E-state index in [1.54, 1.807) is 30.6 Å².